The molecule has 62 valence electrons. The van der Waals surface area contributed by atoms with Gasteiger partial charge in [0.25, 0.3) is 0 Å². The van der Waals surface area contributed by atoms with Crippen molar-refractivity contribution < 1.29 is 0 Å². The highest BCUT2D eigenvalue weighted by molar-refractivity contribution is 7.22. The third-order valence-electron chi connectivity index (χ3n) is 1.55. The topological polar surface area (TPSA) is 64.7 Å². The van der Waals surface area contributed by atoms with E-state index in [-0.39, 0.29) is 0 Å². The van der Waals surface area contributed by atoms with Crippen molar-refractivity contribution in [3.8, 4) is 0 Å². The van der Waals surface area contributed by atoms with E-state index in [4.69, 9.17) is 5.73 Å². The van der Waals surface area contributed by atoms with Gasteiger partial charge in [0, 0.05) is 0 Å². The molecule has 12 heavy (non-hydrogen) atoms. The van der Waals surface area contributed by atoms with Crippen LogP contribution < -0.4 is 5.73 Å². The van der Waals surface area contributed by atoms with Gasteiger partial charge in [-0.1, -0.05) is 11.3 Å². The molecule has 2 rings (SSSR count). The van der Waals surface area contributed by atoms with Gasteiger partial charge in [-0.05, 0) is 13.8 Å². The monoisotopic (exact) mass is 180 g/mol. The molecule has 0 aliphatic heterocycles. The highest BCUT2D eigenvalue weighted by Gasteiger charge is 2.06. The molecule has 2 aromatic rings. The first kappa shape index (κ1) is 7.42. The van der Waals surface area contributed by atoms with Crippen LogP contribution in [0.1, 0.15) is 11.5 Å². The van der Waals surface area contributed by atoms with Crippen LogP contribution in [0.25, 0.3) is 10.3 Å². The van der Waals surface area contributed by atoms with Gasteiger partial charge in [0.15, 0.2) is 10.8 Å². The summed E-state index contributed by atoms with van der Waals surface area (Å²) in [6.45, 7) is 3.79. The summed E-state index contributed by atoms with van der Waals surface area (Å²) < 4.78 is 0.984. The molecule has 0 saturated heterocycles. The van der Waals surface area contributed by atoms with Crippen LogP contribution in [0.5, 0.6) is 0 Å². The molecule has 0 aliphatic carbocycles. The second-order valence-corrected chi connectivity index (χ2v) is 3.59. The lowest BCUT2D eigenvalue weighted by Crippen LogP contribution is -1.90. The number of nitrogens with zero attached hydrogens (tertiary/aromatic N) is 3. The van der Waals surface area contributed by atoms with Crippen molar-refractivity contribution in [3.63, 3.8) is 0 Å². The zero-order chi connectivity index (χ0) is 8.72. The molecule has 0 saturated carbocycles. The highest BCUT2D eigenvalue weighted by Crippen LogP contribution is 2.23. The van der Waals surface area contributed by atoms with Crippen LogP contribution in [0.3, 0.4) is 0 Å². The van der Waals surface area contributed by atoms with Crippen molar-refractivity contribution >= 4 is 26.8 Å². The first-order valence-corrected chi connectivity index (χ1v) is 4.36. The minimum atomic E-state index is 0.549. The molecule has 0 radical (unpaired) electrons. The van der Waals surface area contributed by atoms with E-state index in [0.29, 0.717) is 10.8 Å². The van der Waals surface area contributed by atoms with Gasteiger partial charge in [-0.25, -0.2) is 15.0 Å². The maximum absolute atomic E-state index is 5.55. The molecule has 2 N–H and O–H groups in total. The van der Waals surface area contributed by atoms with Crippen molar-refractivity contribution in [1.29, 1.82) is 0 Å². The second kappa shape index (κ2) is 2.38. The number of nitrogen functional groups attached to an aromatic ring is 1. The van der Waals surface area contributed by atoms with E-state index in [2.05, 4.69) is 15.0 Å². The molecule has 2 aromatic heterocycles. The number of nitrogens with two attached hydrogens (primary N) is 1. The van der Waals surface area contributed by atoms with Gasteiger partial charge in [-0.2, -0.15) is 0 Å². The van der Waals surface area contributed by atoms with Crippen LogP contribution in [-0.4, -0.2) is 15.0 Å². The van der Waals surface area contributed by atoms with Crippen LogP contribution in [0.4, 0.5) is 5.13 Å². The Morgan fingerprint density at radius 3 is 2.67 bits per heavy atom. The number of rotatable bonds is 0. The maximum Gasteiger partial charge on any atom is 0.182 e. The Hall–Kier alpha value is -1.23. The largest absolute Gasteiger partial charge is 0.375 e. The third-order valence-corrected chi connectivity index (χ3v) is 2.53. The van der Waals surface area contributed by atoms with E-state index in [1.54, 1.807) is 0 Å². The molecule has 4 nitrogen and oxygen atoms in total. The fourth-order valence-electron chi connectivity index (χ4n) is 1.11. The van der Waals surface area contributed by atoms with E-state index in [0.717, 1.165) is 16.2 Å². The fourth-order valence-corrected chi connectivity index (χ4v) is 1.83. The quantitative estimate of drug-likeness (QED) is 0.663. The average molecular weight is 180 g/mol. The minimum absolute atomic E-state index is 0.549. The Bertz CT molecular complexity index is 434. The predicted octanol–water partition coefficient (Wildman–Crippen LogP) is 1.29. The first-order chi connectivity index (χ1) is 5.66. The Morgan fingerprint density at radius 2 is 1.92 bits per heavy atom. The molecule has 0 unspecified atom stereocenters. The summed E-state index contributed by atoms with van der Waals surface area (Å²) in [5.41, 5.74) is 7.21. The predicted molar refractivity (Wildman–Crippen MR) is 49.1 cm³/mol. The molecule has 0 fully saturated rings. The highest BCUT2D eigenvalue weighted by atomic mass is 32.1. The lowest BCUT2D eigenvalue weighted by Gasteiger charge is -1.93. The van der Waals surface area contributed by atoms with Gasteiger partial charge in [0.05, 0.1) is 10.4 Å². The number of fused-ring (bicyclic) bond motifs is 1. The van der Waals surface area contributed by atoms with Gasteiger partial charge < -0.3 is 5.73 Å². The Balaban J connectivity index is 2.88. The standard InChI is InChI=1S/C7H8N4S/c1-3-5-6(10-4(2)9-3)11-7(8)12-5/h1-2H3,(H2,8,9,10,11). The van der Waals surface area contributed by atoms with E-state index >= 15 is 0 Å². The minimum Gasteiger partial charge on any atom is -0.375 e. The summed E-state index contributed by atoms with van der Waals surface area (Å²) in [5.74, 6) is 0.741. The van der Waals surface area contributed by atoms with Gasteiger partial charge in [0.1, 0.15) is 5.82 Å². The number of hydrogen-bond acceptors (Lipinski definition) is 5. The summed E-state index contributed by atoms with van der Waals surface area (Å²) >= 11 is 1.43. The number of thiazole rings is 1. The molecule has 5 heteroatoms. The molecule has 0 spiro atoms. The molecular formula is C7H8N4S. The second-order valence-electron chi connectivity index (χ2n) is 2.56. The third kappa shape index (κ3) is 1.02. The van der Waals surface area contributed by atoms with E-state index in [1.165, 1.54) is 11.3 Å². The maximum atomic E-state index is 5.55. The zero-order valence-electron chi connectivity index (χ0n) is 6.83. The summed E-state index contributed by atoms with van der Waals surface area (Å²) in [4.78, 5) is 12.5. The number of hydrogen-bond donors (Lipinski definition) is 1. The lowest BCUT2D eigenvalue weighted by molar-refractivity contribution is 1.04. The van der Waals surface area contributed by atoms with Crippen molar-refractivity contribution in [2.24, 2.45) is 0 Å². The lowest BCUT2D eigenvalue weighted by atomic mass is 10.4. The van der Waals surface area contributed by atoms with E-state index in [1.807, 2.05) is 13.8 Å². The fraction of sp³-hybridized carbons (Fsp3) is 0.286. The first-order valence-electron chi connectivity index (χ1n) is 3.54. The summed E-state index contributed by atoms with van der Waals surface area (Å²) in [6, 6.07) is 0. The molecule has 0 amide bonds. The smallest absolute Gasteiger partial charge is 0.182 e. The van der Waals surface area contributed by atoms with Crippen molar-refractivity contribution in [2.75, 3.05) is 5.73 Å². The molecule has 0 aliphatic rings. The van der Waals surface area contributed by atoms with Crippen LogP contribution >= 0.6 is 11.3 Å². The van der Waals surface area contributed by atoms with E-state index < -0.39 is 0 Å². The van der Waals surface area contributed by atoms with Crippen LogP contribution in [0, 0.1) is 13.8 Å². The summed E-state index contributed by atoms with van der Waals surface area (Å²) in [6.07, 6.45) is 0. The number of aromatic nitrogens is 3. The van der Waals surface area contributed by atoms with Crippen LogP contribution in [0.2, 0.25) is 0 Å². The summed E-state index contributed by atoms with van der Waals surface area (Å²) in [5, 5.41) is 0.549. The number of anilines is 1. The normalized spacial score (nSPS) is 10.8. The number of aryl methyl sites for hydroxylation is 2. The van der Waals surface area contributed by atoms with Crippen molar-refractivity contribution in [1.82, 2.24) is 15.0 Å². The van der Waals surface area contributed by atoms with Gasteiger partial charge >= 0.3 is 0 Å². The van der Waals surface area contributed by atoms with Gasteiger partial charge in [0.2, 0.25) is 0 Å². The zero-order valence-corrected chi connectivity index (χ0v) is 7.64. The molecule has 2 heterocycles. The van der Waals surface area contributed by atoms with Gasteiger partial charge in [-0.15, -0.1) is 0 Å². The molecule has 0 aromatic carbocycles. The van der Waals surface area contributed by atoms with Crippen molar-refractivity contribution in [3.05, 3.63) is 11.5 Å². The molecular weight excluding hydrogens is 172 g/mol. The summed E-state index contributed by atoms with van der Waals surface area (Å²) in [7, 11) is 0. The van der Waals surface area contributed by atoms with Crippen LogP contribution in [0.15, 0.2) is 0 Å². The molecule has 0 bridgehead atoms. The average Bonchev–Trinajstić information content (AvgIpc) is 2.29. The molecule has 0 atom stereocenters. The SMILES string of the molecule is Cc1nc(C)c2sc(N)nc2n1. The van der Waals surface area contributed by atoms with Crippen molar-refractivity contribution in [2.45, 2.75) is 13.8 Å². The Labute approximate surface area is 73.5 Å². The van der Waals surface area contributed by atoms with E-state index in [9.17, 15) is 0 Å². The van der Waals surface area contributed by atoms with Crippen LogP contribution in [-0.2, 0) is 0 Å². The Morgan fingerprint density at radius 1 is 1.17 bits per heavy atom. The van der Waals surface area contributed by atoms with Gasteiger partial charge in [-0.3, -0.25) is 0 Å². The Kier molecular flexibility index (Phi) is 1.47.